The van der Waals surface area contributed by atoms with Crippen LogP contribution in [0.4, 0.5) is 5.69 Å². The van der Waals surface area contributed by atoms with Gasteiger partial charge in [-0.15, -0.1) is 0 Å². The summed E-state index contributed by atoms with van der Waals surface area (Å²) in [7, 11) is 1.68. The van der Waals surface area contributed by atoms with Crippen LogP contribution in [-0.2, 0) is 0 Å². The third kappa shape index (κ3) is 3.20. The van der Waals surface area contributed by atoms with E-state index in [1.54, 1.807) is 18.9 Å². The molecule has 1 atom stereocenters. The minimum Gasteiger partial charge on any atom is -0.495 e. The minimum atomic E-state index is 0.413. The van der Waals surface area contributed by atoms with Crippen LogP contribution in [0.5, 0.6) is 5.75 Å². The summed E-state index contributed by atoms with van der Waals surface area (Å²) in [6, 6.07) is 6.32. The topological polar surface area (TPSA) is 33.6 Å². The maximum absolute atomic E-state index is 5.34. The predicted molar refractivity (Wildman–Crippen MR) is 82.8 cm³/mol. The predicted octanol–water partition coefficient (Wildman–Crippen LogP) is 4.00. The summed E-state index contributed by atoms with van der Waals surface area (Å²) in [4.78, 5) is 4.69. The van der Waals surface area contributed by atoms with E-state index in [0.29, 0.717) is 12.0 Å². The summed E-state index contributed by atoms with van der Waals surface area (Å²) in [6.07, 6.45) is 0. The molecule has 0 spiro atoms. The van der Waals surface area contributed by atoms with E-state index >= 15 is 0 Å². The Labute approximate surface area is 121 Å². The lowest BCUT2D eigenvalue weighted by Gasteiger charge is -2.11. The molecule has 5 heteroatoms. The first kappa shape index (κ1) is 13.7. The zero-order valence-corrected chi connectivity index (χ0v) is 13.1. The maximum atomic E-state index is 5.34. The Morgan fingerprint density at radius 1 is 1.50 bits per heavy atom. The number of anilines is 1. The maximum Gasteiger partial charge on any atom is 0.161 e. The highest BCUT2D eigenvalue weighted by Crippen LogP contribution is 2.31. The highest BCUT2D eigenvalue weighted by atomic mass is 79.9. The summed E-state index contributed by atoms with van der Waals surface area (Å²) in [6.45, 7) is 4.41. The highest BCUT2D eigenvalue weighted by molar-refractivity contribution is 9.10. The third-order valence-corrected chi connectivity index (χ3v) is 4.33. The van der Waals surface area contributed by atoms with Crippen molar-refractivity contribution in [3.05, 3.63) is 22.7 Å². The Bertz CT molecular complexity index is 462. The largest absolute Gasteiger partial charge is 0.495 e. The molecule has 0 saturated carbocycles. The first-order valence-corrected chi connectivity index (χ1v) is 7.69. The number of amidine groups is 1. The standard InChI is InChI=1S/C13H17BrN2OS/c1-8(2)11-7-18-13(16-11)15-10-6-9(14)4-5-12(10)17-3/h4-6,8,11H,7H2,1-3H3,(H,15,16)/t11-/m1/s1. The fourth-order valence-corrected chi connectivity index (χ4v) is 3.23. The van der Waals surface area contributed by atoms with Crippen molar-refractivity contribution < 1.29 is 4.74 Å². The Balaban J connectivity index is 2.15. The van der Waals surface area contributed by atoms with Gasteiger partial charge in [-0.3, -0.25) is 4.99 Å². The van der Waals surface area contributed by atoms with Crippen LogP contribution in [-0.4, -0.2) is 24.1 Å². The van der Waals surface area contributed by atoms with E-state index < -0.39 is 0 Å². The van der Waals surface area contributed by atoms with Gasteiger partial charge in [0.2, 0.25) is 0 Å². The average Bonchev–Trinajstić information content (AvgIpc) is 2.78. The SMILES string of the molecule is COc1ccc(Br)cc1NC1=N[C@@H](C(C)C)CS1. The van der Waals surface area contributed by atoms with E-state index in [0.717, 1.165) is 26.8 Å². The molecule has 3 nitrogen and oxygen atoms in total. The van der Waals surface area contributed by atoms with Crippen molar-refractivity contribution >= 4 is 38.5 Å². The van der Waals surface area contributed by atoms with Gasteiger partial charge in [-0.05, 0) is 24.1 Å². The van der Waals surface area contributed by atoms with Crippen molar-refractivity contribution in [1.29, 1.82) is 0 Å². The quantitative estimate of drug-likeness (QED) is 0.910. The lowest BCUT2D eigenvalue weighted by molar-refractivity contribution is 0.417. The lowest BCUT2D eigenvalue weighted by Crippen LogP contribution is -2.12. The molecule has 0 bridgehead atoms. The third-order valence-electron chi connectivity index (χ3n) is 2.85. The molecule has 18 heavy (non-hydrogen) atoms. The molecule has 0 unspecified atom stereocenters. The van der Waals surface area contributed by atoms with Gasteiger partial charge in [-0.25, -0.2) is 0 Å². The normalized spacial score (nSPS) is 18.9. The van der Waals surface area contributed by atoms with Gasteiger partial charge in [0.15, 0.2) is 5.17 Å². The molecule has 0 aromatic heterocycles. The molecule has 1 N–H and O–H groups in total. The second-order valence-electron chi connectivity index (χ2n) is 4.53. The molecule has 0 amide bonds. The van der Waals surface area contributed by atoms with Gasteiger partial charge in [-0.1, -0.05) is 41.5 Å². The number of thioether (sulfide) groups is 1. The van der Waals surface area contributed by atoms with Crippen LogP contribution < -0.4 is 10.1 Å². The van der Waals surface area contributed by atoms with Crippen molar-refractivity contribution in [3.8, 4) is 5.75 Å². The monoisotopic (exact) mass is 328 g/mol. The van der Waals surface area contributed by atoms with Gasteiger partial charge in [0.25, 0.3) is 0 Å². The second kappa shape index (κ2) is 5.97. The number of aliphatic imine (C=N–C) groups is 1. The van der Waals surface area contributed by atoms with E-state index in [-0.39, 0.29) is 0 Å². The van der Waals surface area contributed by atoms with E-state index in [1.165, 1.54) is 0 Å². The summed E-state index contributed by atoms with van der Waals surface area (Å²) in [5.74, 6) is 2.46. The molecule has 1 aromatic carbocycles. The Morgan fingerprint density at radius 3 is 2.89 bits per heavy atom. The molecule has 0 fully saturated rings. The molecular weight excluding hydrogens is 312 g/mol. The van der Waals surface area contributed by atoms with E-state index in [4.69, 9.17) is 4.74 Å². The van der Waals surface area contributed by atoms with Crippen LogP contribution in [0.1, 0.15) is 13.8 Å². The molecule has 0 radical (unpaired) electrons. The summed E-state index contributed by atoms with van der Waals surface area (Å²) in [5.41, 5.74) is 0.947. The molecule has 1 aliphatic heterocycles. The van der Waals surface area contributed by atoms with Crippen LogP contribution in [0.15, 0.2) is 27.7 Å². The molecule has 98 valence electrons. The van der Waals surface area contributed by atoms with Crippen molar-refractivity contribution in [2.24, 2.45) is 10.9 Å². The lowest BCUT2D eigenvalue weighted by atomic mass is 10.1. The van der Waals surface area contributed by atoms with Crippen LogP contribution in [0, 0.1) is 5.92 Å². The number of halogens is 1. The van der Waals surface area contributed by atoms with Crippen LogP contribution in [0.25, 0.3) is 0 Å². The number of ether oxygens (including phenoxy) is 1. The van der Waals surface area contributed by atoms with Gasteiger partial charge in [0.05, 0.1) is 18.8 Å². The molecule has 1 aliphatic rings. The van der Waals surface area contributed by atoms with Crippen LogP contribution in [0.2, 0.25) is 0 Å². The number of rotatable bonds is 3. The number of nitrogens with zero attached hydrogens (tertiary/aromatic N) is 1. The average molecular weight is 329 g/mol. The number of nitrogens with one attached hydrogen (secondary N) is 1. The molecule has 0 saturated heterocycles. The molecule has 0 aliphatic carbocycles. The van der Waals surface area contributed by atoms with Crippen LogP contribution in [0.3, 0.4) is 0 Å². The summed E-state index contributed by atoms with van der Waals surface area (Å²) < 4.78 is 6.36. The van der Waals surface area contributed by atoms with E-state index in [2.05, 4.69) is 40.1 Å². The Morgan fingerprint density at radius 2 is 2.28 bits per heavy atom. The zero-order valence-electron chi connectivity index (χ0n) is 10.7. The summed E-state index contributed by atoms with van der Waals surface area (Å²) >= 11 is 5.23. The summed E-state index contributed by atoms with van der Waals surface area (Å²) in [5, 5.41) is 4.32. The minimum absolute atomic E-state index is 0.413. The van der Waals surface area contributed by atoms with Crippen molar-refractivity contribution in [3.63, 3.8) is 0 Å². The number of methoxy groups -OCH3 is 1. The smallest absolute Gasteiger partial charge is 0.161 e. The van der Waals surface area contributed by atoms with Crippen molar-refractivity contribution in [1.82, 2.24) is 0 Å². The van der Waals surface area contributed by atoms with Crippen molar-refractivity contribution in [2.75, 3.05) is 18.2 Å². The van der Waals surface area contributed by atoms with E-state index in [1.807, 2.05) is 18.2 Å². The molecule has 2 rings (SSSR count). The highest BCUT2D eigenvalue weighted by Gasteiger charge is 2.21. The van der Waals surface area contributed by atoms with E-state index in [9.17, 15) is 0 Å². The second-order valence-corrected chi connectivity index (χ2v) is 6.45. The van der Waals surface area contributed by atoms with Gasteiger partial charge >= 0.3 is 0 Å². The first-order chi connectivity index (χ1) is 8.60. The van der Waals surface area contributed by atoms with Crippen molar-refractivity contribution in [2.45, 2.75) is 19.9 Å². The molecule has 1 heterocycles. The molecular formula is C13H17BrN2OS. The zero-order chi connectivity index (χ0) is 13.1. The molecule has 1 aromatic rings. The fourth-order valence-electron chi connectivity index (χ4n) is 1.69. The first-order valence-electron chi connectivity index (χ1n) is 5.91. The van der Waals surface area contributed by atoms with Gasteiger partial charge in [0.1, 0.15) is 5.75 Å². The number of hydrogen-bond acceptors (Lipinski definition) is 4. The van der Waals surface area contributed by atoms with Gasteiger partial charge in [0, 0.05) is 10.2 Å². The van der Waals surface area contributed by atoms with Crippen LogP contribution >= 0.6 is 27.7 Å². The van der Waals surface area contributed by atoms with Gasteiger partial charge in [-0.2, -0.15) is 0 Å². The van der Waals surface area contributed by atoms with Gasteiger partial charge < -0.3 is 10.1 Å². The Kier molecular flexibility index (Phi) is 4.56. The fraction of sp³-hybridized carbons (Fsp3) is 0.462. The Hall–Kier alpha value is -0.680. The number of benzene rings is 1. The number of hydrogen-bond donors (Lipinski definition) is 1.